The van der Waals surface area contributed by atoms with E-state index in [4.69, 9.17) is 4.74 Å². The fraction of sp³-hybridized carbons (Fsp3) is 0.462. The third-order valence-corrected chi connectivity index (χ3v) is 3.21. The van der Waals surface area contributed by atoms with Crippen LogP contribution in [0.5, 0.6) is 5.75 Å². The molecule has 0 bridgehead atoms. The molecule has 21 heavy (non-hydrogen) atoms. The normalized spacial score (nSPS) is 14.3. The van der Waals surface area contributed by atoms with Gasteiger partial charge < -0.3 is 9.53 Å². The average molecular weight is 305 g/mol. The number of nitrogens with zero attached hydrogens (tertiary/aromatic N) is 1. The number of alkyl halides is 3. The van der Waals surface area contributed by atoms with Crippen LogP contribution in [0.15, 0.2) is 24.3 Å². The van der Waals surface area contributed by atoms with Gasteiger partial charge in [-0.3, -0.25) is 10.1 Å². The first kappa shape index (κ1) is 16.9. The first-order valence-electron chi connectivity index (χ1n) is 6.09. The van der Waals surface area contributed by atoms with E-state index in [1.807, 2.05) is 0 Å². The maximum Gasteiger partial charge on any atom is 0.465 e. The number of unbranched alkanes of at least 4 members (excludes halogenated alkanes) is 1. The molecular weight excluding hydrogens is 291 g/mol. The summed E-state index contributed by atoms with van der Waals surface area (Å²) in [5, 5.41) is 11.2. The van der Waals surface area contributed by atoms with Crippen molar-refractivity contribution < 1.29 is 27.6 Å². The first-order chi connectivity index (χ1) is 9.79. The zero-order chi connectivity index (χ0) is 16.1. The van der Waals surface area contributed by atoms with Crippen LogP contribution in [-0.4, -0.2) is 24.5 Å². The lowest BCUT2D eigenvalue weighted by Gasteiger charge is -2.27. The van der Waals surface area contributed by atoms with Gasteiger partial charge in [0.1, 0.15) is 12.0 Å². The second-order valence-electron chi connectivity index (χ2n) is 4.40. The summed E-state index contributed by atoms with van der Waals surface area (Å²) in [5.41, 5.74) is -3.70. The highest BCUT2D eigenvalue weighted by atomic mass is 19.4. The van der Waals surface area contributed by atoms with Crippen LogP contribution in [0.2, 0.25) is 0 Å². The monoisotopic (exact) mass is 305 g/mol. The van der Waals surface area contributed by atoms with Crippen LogP contribution < -0.4 is 4.74 Å². The van der Waals surface area contributed by atoms with Gasteiger partial charge in [0.2, 0.25) is 0 Å². The molecule has 0 spiro atoms. The predicted octanol–water partition coefficient (Wildman–Crippen LogP) is 3.10. The highest BCUT2D eigenvalue weighted by Crippen LogP contribution is 2.45. The third-order valence-electron chi connectivity index (χ3n) is 3.21. The minimum atomic E-state index is -5.08. The third kappa shape index (κ3) is 3.32. The Kier molecular flexibility index (Phi) is 5.28. The number of benzene rings is 1. The number of hydrogen-bond acceptors (Lipinski definition) is 4. The Balaban J connectivity index is 3.32. The minimum absolute atomic E-state index is 0.165. The van der Waals surface area contributed by atoms with E-state index in [0.29, 0.717) is 12.0 Å². The summed E-state index contributed by atoms with van der Waals surface area (Å²) in [6.45, 7) is 0. The van der Waals surface area contributed by atoms with Gasteiger partial charge in [-0.25, -0.2) is 0 Å². The summed E-state index contributed by atoms with van der Waals surface area (Å²) in [6, 6.07) is 4.52. The van der Waals surface area contributed by atoms with Crippen molar-refractivity contribution in [2.45, 2.75) is 31.0 Å². The van der Waals surface area contributed by atoms with Gasteiger partial charge in [0.25, 0.3) is 0 Å². The fourth-order valence-corrected chi connectivity index (χ4v) is 2.06. The van der Waals surface area contributed by atoms with E-state index in [1.165, 1.54) is 19.2 Å². The molecule has 0 saturated carbocycles. The lowest BCUT2D eigenvalue weighted by atomic mass is 9.84. The number of nitro groups is 1. The lowest BCUT2D eigenvalue weighted by Crippen LogP contribution is -2.49. The Morgan fingerprint density at radius 2 is 1.86 bits per heavy atom. The number of aldehydes is 1. The maximum absolute atomic E-state index is 13.4. The van der Waals surface area contributed by atoms with Crippen molar-refractivity contribution in [3.05, 3.63) is 39.9 Å². The van der Waals surface area contributed by atoms with Crippen LogP contribution >= 0.6 is 0 Å². The molecule has 0 aliphatic heterocycles. The number of rotatable bonds is 7. The summed E-state index contributed by atoms with van der Waals surface area (Å²) in [5.74, 6) is 0.297. The molecule has 1 aromatic rings. The van der Waals surface area contributed by atoms with E-state index in [9.17, 15) is 28.1 Å². The smallest absolute Gasteiger partial charge is 0.465 e. The first-order valence-corrected chi connectivity index (χ1v) is 6.09. The van der Waals surface area contributed by atoms with Crippen LogP contribution in [0.3, 0.4) is 0 Å². The molecule has 1 unspecified atom stereocenters. The Bertz CT molecular complexity index is 501. The number of halogens is 3. The largest absolute Gasteiger partial charge is 0.497 e. The van der Waals surface area contributed by atoms with Gasteiger partial charge in [0.15, 0.2) is 0 Å². The summed E-state index contributed by atoms with van der Waals surface area (Å²) in [7, 11) is 1.34. The van der Waals surface area contributed by atoms with Crippen molar-refractivity contribution in [2.75, 3.05) is 7.11 Å². The standard InChI is InChI=1S/C13H14F3NO4/c1-21-11-6-4-10(5-7-11)12(17(19)20,13(14,15)16)8-2-3-9-18/h4-7,9H,2-3,8H2,1H3. The number of carbonyl (C=O) groups is 1. The molecule has 116 valence electrons. The Morgan fingerprint density at radius 3 is 2.24 bits per heavy atom. The van der Waals surface area contributed by atoms with Gasteiger partial charge in [-0.1, -0.05) is 0 Å². The van der Waals surface area contributed by atoms with Crippen molar-refractivity contribution >= 4 is 6.29 Å². The second-order valence-corrected chi connectivity index (χ2v) is 4.40. The van der Waals surface area contributed by atoms with E-state index in [-0.39, 0.29) is 12.8 Å². The Hall–Kier alpha value is -2.12. The minimum Gasteiger partial charge on any atom is -0.497 e. The average Bonchev–Trinajstić information content (AvgIpc) is 2.42. The van der Waals surface area contributed by atoms with Gasteiger partial charge in [0.05, 0.1) is 7.11 Å². The molecule has 1 rings (SSSR count). The van der Waals surface area contributed by atoms with Gasteiger partial charge in [-0.05, 0) is 30.7 Å². The van der Waals surface area contributed by atoms with Crippen molar-refractivity contribution in [1.82, 2.24) is 0 Å². The van der Waals surface area contributed by atoms with Crippen molar-refractivity contribution in [3.63, 3.8) is 0 Å². The van der Waals surface area contributed by atoms with Crippen LogP contribution in [-0.2, 0) is 10.3 Å². The number of hydrogen-bond donors (Lipinski definition) is 0. The van der Waals surface area contributed by atoms with Crippen LogP contribution in [0, 0.1) is 10.1 Å². The maximum atomic E-state index is 13.4. The van der Waals surface area contributed by atoms with Crippen molar-refractivity contribution in [3.8, 4) is 5.75 Å². The lowest BCUT2D eigenvalue weighted by molar-refractivity contribution is -0.625. The molecule has 0 fully saturated rings. The summed E-state index contributed by atoms with van der Waals surface area (Å²) in [6.07, 6.45) is -5.82. The molecule has 1 aromatic carbocycles. The fourth-order valence-electron chi connectivity index (χ4n) is 2.06. The number of carbonyl (C=O) groups excluding carboxylic acids is 1. The second kappa shape index (κ2) is 6.55. The van der Waals surface area contributed by atoms with Crippen LogP contribution in [0.4, 0.5) is 13.2 Å². The molecule has 0 aliphatic carbocycles. The van der Waals surface area contributed by atoms with Crippen LogP contribution in [0.25, 0.3) is 0 Å². The highest BCUT2D eigenvalue weighted by molar-refractivity contribution is 5.49. The summed E-state index contributed by atoms with van der Waals surface area (Å²) in [4.78, 5) is 20.1. The Morgan fingerprint density at radius 1 is 1.29 bits per heavy atom. The van der Waals surface area contributed by atoms with E-state index in [1.54, 1.807) is 0 Å². The molecule has 0 aliphatic rings. The van der Waals surface area contributed by atoms with Crippen molar-refractivity contribution in [2.24, 2.45) is 0 Å². The molecule has 0 saturated heterocycles. The molecular formula is C13H14F3NO4. The van der Waals surface area contributed by atoms with E-state index >= 15 is 0 Å². The molecule has 0 amide bonds. The molecule has 0 aromatic heterocycles. The molecule has 0 heterocycles. The van der Waals surface area contributed by atoms with Crippen molar-refractivity contribution in [1.29, 1.82) is 0 Å². The predicted molar refractivity (Wildman–Crippen MR) is 67.6 cm³/mol. The van der Waals surface area contributed by atoms with Gasteiger partial charge in [0, 0.05) is 23.3 Å². The molecule has 5 nitrogen and oxygen atoms in total. The summed E-state index contributed by atoms with van der Waals surface area (Å²) < 4.78 is 44.9. The number of ether oxygens (including phenoxy) is 1. The van der Waals surface area contributed by atoms with Gasteiger partial charge in [-0.15, -0.1) is 0 Å². The van der Waals surface area contributed by atoms with Gasteiger partial charge in [-0.2, -0.15) is 13.2 Å². The highest BCUT2D eigenvalue weighted by Gasteiger charge is 2.66. The quantitative estimate of drug-likeness (QED) is 0.336. The zero-order valence-corrected chi connectivity index (χ0v) is 11.2. The summed E-state index contributed by atoms with van der Waals surface area (Å²) >= 11 is 0. The van der Waals surface area contributed by atoms with E-state index in [2.05, 4.69) is 0 Å². The molecule has 0 radical (unpaired) electrons. The van der Waals surface area contributed by atoms with E-state index in [0.717, 1.165) is 12.1 Å². The Labute approximate surface area is 118 Å². The molecule has 8 heteroatoms. The topological polar surface area (TPSA) is 69.4 Å². The SMILES string of the molecule is COc1ccc(C(CCCC=O)([N+](=O)[O-])C(F)(F)F)cc1. The van der Waals surface area contributed by atoms with Gasteiger partial charge >= 0.3 is 11.7 Å². The molecule has 0 N–H and O–H groups in total. The number of methoxy groups -OCH3 is 1. The zero-order valence-electron chi connectivity index (χ0n) is 11.2. The van der Waals surface area contributed by atoms with E-state index < -0.39 is 28.6 Å². The van der Waals surface area contributed by atoms with Crippen LogP contribution in [0.1, 0.15) is 24.8 Å². The molecule has 1 atom stereocenters.